The zero-order valence-corrected chi connectivity index (χ0v) is 39.5. The van der Waals surface area contributed by atoms with Crippen molar-refractivity contribution in [3.05, 3.63) is 101 Å². The van der Waals surface area contributed by atoms with E-state index in [4.69, 9.17) is 47.4 Å². The predicted octanol–water partition coefficient (Wildman–Crippen LogP) is -5.67. The number of aliphatic hydroxyl groups excluding tert-OH is 15. The van der Waals surface area contributed by atoms with E-state index in [0.29, 0.717) is 5.56 Å². The number of benzene rings is 2. The molecule has 28 heteroatoms. The van der Waals surface area contributed by atoms with Gasteiger partial charge in [-0.1, -0.05) is 12.1 Å². The third kappa shape index (κ3) is 11.9. The number of rotatable bonds is 16. The molecule has 76 heavy (non-hydrogen) atoms. The Labute approximate surface area is 429 Å². The number of hydrogen-bond acceptors (Lipinski definition) is 28. The summed E-state index contributed by atoms with van der Waals surface area (Å²) in [6, 6.07) is 9.19. The molecule has 0 saturated carbocycles. The fourth-order valence-electron chi connectivity index (χ4n) is 8.72. The van der Waals surface area contributed by atoms with Crippen LogP contribution in [-0.2, 0) is 47.4 Å². The summed E-state index contributed by atoms with van der Waals surface area (Å²) in [4.78, 5) is 13.1. The van der Waals surface area contributed by atoms with Crippen LogP contribution in [0, 0.1) is 0 Å². The van der Waals surface area contributed by atoms with Crippen LogP contribution in [0.15, 0.2) is 89.6 Å². The first-order valence-corrected chi connectivity index (χ1v) is 23.5. The van der Waals surface area contributed by atoms with Gasteiger partial charge in [0, 0.05) is 29.4 Å². The largest absolute Gasteiger partial charge is 0.508 e. The van der Waals surface area contributed by atoms with Gasteiger partial charge in [0.1, 0.15) is 122 Å². The number of phenolic OH excluding ortho intramolecular Hbond substituents is 2. The molecule has 4 saturated heterocycles. The van der Waals surface area contributed by atoms with Crippen molar-refractivity contribution >= 4 is 17.8 Å². The maximum atomic E-state index is 13.1. The number of esters is 1. The standard InChI is InChI=1S/C48H58O28/c49-13-27-32(56)36(60)40(64)45(72-27)68-20-5-1-17(2-6-20)3-8-31(55)67-16-30-35(59)39(63)44(76-47-42(66)38(62)34(58)29(15-51)74-47)48(75-30)71-26-12-21-24(69-43(26)18-4-7-22(53)23(54)9-18)10-19(52)11-25(21)70-46-41(65)37(61)33(57)28(14-50)73-46/h1-12,24,27-30,32-42,44-54,56-66H,13-16H2. The Bertz CT molecular complexity index is 2490. The molecule has 21 unspecified atom stereocenters. The molecule has 17 N–H and O–H groups in total. The number of ether oxygens (including phenoxy) is 10. The van der Waals surface area contributed by atoms with Crippen LogP contribution in [0.25, 0.3) is 11.8 Å². The van der Waals surface area contributed by atoms with Crippen LogP contribution in [0.1, 0.15) is 11.1 Å². The number of allylic oxidation sites excluding steroid dienone is 2. The molecule has 0 amide bonds. The van der Waals surface area contributed by atoms with Crippen LogP contribution in [0.5, 0.6) is 17.2 Å². The molecule has 21 atom stereocenters. The van der Waals surface area contributed by atoms with E-state index in [-0.39, 0.29) is 28.4 Å². The van der Waals surface area contributed by atoms with Gasteiger partial charge < -0.3 is 134 Å². The maximum absolute atomic E-state index is 13.1. The molecular formula is C48H58O28. The molecule has 2 aromatic rings. The highest BCUT2D eigenvalue weighted by Crippen LogP contribution is 2.42. The minimum Gasteiger partial charge on any atom is -0.508 e. The molecule has 0 aromatic heterocycles. The summed E-state index contributed by atoms with van der Waals surface area (Å²) in [5, 5.41) is 178. The second-order valence-electron chi connectivity index (χ2n) is 18.2. The minimum absolute atomic E-state index is 0.0181. The van der Waals surface area contributed by atoms with Crippen LogP contribution < -0.4 is 4.74 Å². The Kier molecular flexibility index (Phi) is 17.9. The third-order valence-electron chi connectivity index (χ3n) is 13.1. The fourth-order valence-corrected chi connectivity index (χ4v) is 8.72. The van der Waals surface area contributed by atoms with Crippen LogP contribution in [-0.4, -0.2) is 248 Å². The topological polar surface area (TPSA) is 453 Å². The monoisotopic (exact) mass is 1080 g/mol. The second-order valence-corrected chi connectivity index (χ2v) is 18.2. The van der Waals surface area contributed by atoms with E-state index in [2.05, 4.69) is 0 Å². The van der Waals surface area contributed by atoms with E-state index in [9.17, 15) is 91.6 Å². The lowest BCUT2D eigenvalue weighted by molar-refractivity contribution is -0.363. The molecule has 418 valence electrons. The van der Waals surface area contributed by atoms with Crippen molar-refractivity contribution in [2.45, 2.75) is 129 Å². The maximum Gasteiger partial charge on any atom is 0.330 e. The van der Waals surface area contributed by atoms with Crippen LogP contribution in [0.4, 0.5) is 0 Å². The van der Waals surface area contributed by atoms with Gasteiger partial charge in [-0.3, -0.25) is 0 Å². The lowest BCUT2D eigenvalue weighted by atomic mass is 9.95. The fraction of sp³-hybridized carbons (Fsp3) is 0.521. The average Bonchev–Trinajstić information content (AvgIpc) is 3.42. The lowest BCUT2D eigenvalue weighted by Crippen LogP contribution is -2.64. The summed E-state index contributed by atoms with van der Waals surface area (Å²) in [6.07, 6.45) is -31.2. The van der Waals surface area contributed by atoms with E-state index >= 15 is 0 Å². The molecule has 6 aliphatic rings. The molecular weight excluding hydrogens is 1020 g/mol. The molecule has 0 radical (unpaired) electrons. The van der Waals surface area contributed by atoms with E-state index in [0.717, 1.165) is 24.3 Å². The van der Waals surface area contributed by atoms with Crippen molar-refractivity contribution in [2.75, 3.05) is 26.4 Å². The van der Waals surface area contributed by atoms with Crippen LogP contribution >= 0.6 is 0 Å². The molecule has 4 fully saturated rings. The van der Waals surface area contributed by atoms with Gasteiger partial charge in [0.25, 0.3) is 0 Å². The first-order valence-electron chi connectivity index (χ1n) is 23.5. The number of fused-ring (bicyclic) bond motifs is 1. The van der Waals surface area contributed by atoms with Gasteiger partial charge in [0.15, 0.2) is 35.4 Å². The highest BCUT2D eigenvalue weighted by atomic mass is 16.8. The van der Waals surface area contributed by atoms with E-state index in [1.807, 2.05) is 0 Å². The predicted molar refractivity (Wildman–Crippen MR) is 245 cm³/mol. The summed E-state index contributed by atoms with van der Waals surface area (Å²) < 4.78 is 57.8. The summed E-state index contributed by atoms with van der Waals surface area (Å²) in [5.41, 5.74) is 0.351. The van der Waals surface area contributed by atoms with Crippen LogP contribution in [0.2, 0.25) is 0 Å². The quantitative estimate of drug-likeness (QED) is 0.0423. The molecule has 0 spiro atoms. The van der Waals surface area contributed by atoms with Crippen molar-refractivity contribution < 1.29 is 139 Å². The number of carbonyl (C=O) groups excluding carboxylic acids is 1. The highest BCUT2D eigenvalue weighted by molar-refractivity contribution is 5.87. The Morgan fingerprint density at radius 3 is 1.67 bits per heavy atom. The van der Waals surface area contributed by atoms with Gasteiger partial charge in [0.05, 0.1) is 19.8 Å². The van der Waals surface area contributed by atoms with Gasteiger partial charge >= 0.3 is 5.97 Å². The SMILES string of the molecule is O=C(C=Cc1ccc(OC2OC(CO)C(O)C(O)C2O)cc1)OCC1OC(OC2=C(c3ccc(O)c(O)c3)OC3C=C(O)C=C(OC4OC(CO)C(O)C(O)C4O)C3=C2)C(OC2OC(CO)C(O)C(O)C2O)C(O)C1O. The molecule has 8 rings (SSSR count). The number of aliphatic hydroxyl groups is 15. The van der Waals surface area contributed by atoms with Crippen molar-refractivity contribution in [3.63, 3.8) is 0 Å². The van der Waals surface area contributed by atoms with Crippen LogP contribution in [0.3, 0.4) is 0 Å². The second kappa shape index (κ2) is 24.0. The van der Waals surface area contributed by atoms with Gasteiger partial charge in [-0.2, -0.15) is 0 Å². The molecule has 2 aromatic carbocycles. The molecule has 5 aliphatic heterocycles. The molecule has 1 aliphatic carbocycles. The first-order chi connectivity index (χ1) is 36.2. The Morgan fingerprint density at radius 2 is 1.09 bits per heavy atom. The third-order valence-corrected chi connectivity index (χ3v) is 13.1. The van der Waals surface area contributed by atoms with Gasteiger partial charge in [-0.15, -0.1) is 0 Å². The zero-order valence-electron chi connectivity index (χ0n) is 39.5. The van der Waals surface area contributed by atoms with Gasteiger partial charge in [-0.05, 0) is 48.0 Å². The average molecular weight is 1080 g/mol. The number of hydrogen-bond donors (Lipinski definition) is 17. The van der Waals surface area contributed by atoms with Crippen molar-refractivity contribution in [1.82, 2.24) is 0 Å². The van der Waals surface area contributed by atoms with Crippen molar-refractivity contribution in [1.29, 1.82) is 0 Å². The van der Waals surface area contributed by atoms with E-state index in [1.165, 1.54) is 48.6 Å². The number of carbonyl (C=O) groups is 1. The zero-order chi connectivity index (χ0) is 54.9. The lowest BCUT2D eigenvalue weighted by Gasteiger charge is -2.46. The number of phenols is 2. The molecule has 0 bridgehead atoms. The Balaban J connectivity index is 1.06. The van der Waals surface area contributed by atoms with Gasteiger partial charge in [-0.25, -0.2) is 4.79 Å². The highest BCUT2D eigenvalue weighted by Gasteiger charge is 2.53. The first kappa shape index (κ1) is 56.6. The van der Waals surface area contributed by atoms with E-state index in [1.54, 1.807) is 0 Å². The smallest absolute Gasteiger partial charge is 0.330 e. The summed E-state index contributed by atoms with van der Waals surface area (Å²) in [7, 11) is 0. The van der Waals surface area contributed by atoms with Crippen molar-refractivity contribution in [3.8, 4) is 17.2 Å². The van der Waals surface area contributed by atoms with E-state index < -0.39 is 184 Å². The summed E-state index contributed by atoms with van der Waals surface area (Å²) in [6.45, 7) is -3.18. The summed E-state index contributed by atoms with van der Waals surface area (Å²) >= 11 is 0. The molecule has 28 nitrogen and oxygen atoms in total. The van der Waals surface area contributed by atoms with Crippen molar-refractivity contribution in [2.24, 2.45) is 0 Å². The number of aromatic hydroxyl groups is 2. The normalized spacial score (nSPS) is 38.8. The van der Waals surface area contributed by atoms with Gasteiger partial charge in [0.2, 0.25) is 18.9 Å². The summed E-state index contributed by atoms with van der Waals surface area (Å²) in [5.74, 6) is -3.57. The molecule has 5 heterocycles. The Morgan fingerprint density at radius 1 is 0.553 bits per heavy atom. The Hall–Kier alpha value is -5.55. The minimum atomic E-state index is -2.12.